The van der Waals surface area contributed by atoms with Crippen LogP contribution in [0.3, 0.4) is 0 Å². The summed E-state index contributed by atoms with van der Waals surface area (Å²) in [5.74, 6) is 0.0189. The summed E-state index contributed by atoms with van der Waals surface area (Å²) in [6, 6.07) is 0. The van der Waals surface area contributed by atoms with Crippen LogP contribution in [0.15, 0.2) is 24.4 Å². The van der Waals surface area contributed by atoms with Crippen molar-refractivity contribution in [1.29, 1.82) is 0 Å². The molecular weight excluding hydrogens is 154 g/mol. The Bertz CT molecular complexity index is 193. The van der Waals surface area contributed by atoms with Gasteiger partial charge < -0.3 is 5.32 Å². The SMILES string of the molecule is CC(=O)/C=C\NC/C=C/C(C)=O. The Morgan fingerprint density at radius 3 is 2.25 bits per heavy atom. The zero-order valence-electron chi connectivity index (χ0n) is 7.33. The minimum Gasteiger partial charge on any atom is -0.387 e. The summed E-state index contributed by atoms with van der Waals surface area (Å²) in [5, 5.41) is 2.83. The molecule has 0 saturated carbocycles. The van der Waals surface area contributed by atoms with Gasteiger partial charge in [0, 0.05) is 12.7 Å². The number of nitrogens with one attached hydrogen (secondary N) is 1. The fourth-order valence-corrected chi connectivity index (χ4v) is 0.537. The fourth-order valence-electron chi connectivity index (χ4n) is 0.537. The molecule has 0 rings (SSSR count). The second kappa shape index (κ2) is 6.34. The zero-order valence-corrected chi connectivity index (χ0v) is 7.33. The molecule has 12 heavy (non-hydrogen) atoms. The van der Waals surface area contributed by atoms with Crippen LogP contribution >= 0.6 is 0 Å². The lowest BCUT2D eigenvalue weighted by Gasteiger charge is -1.90. The average molecular weight is 167 g/mol. The number of hydrogen-bond acceptors (Lipinski definition) is 3. The molecule has 0 aromatic heterocycles. The van der Waals surface area contributed by atoms with Gasteiger partial charge in [-0.25, -0.2) is 0 Å². The van der Waals surface area contributed by atoms with E-state index in [4.69, 9.17) is 0 Å². The molecule has 0 saturated heterocycles. The molecule has 0 aromatic rings. The molecule has 0 aliphatic carbocycles. The van der Waals surface area contributed by atoms with Crippen molar-refractivity contribution in [2.75, 3.05) is 6.54 Å². The Labute approximate surface area is 72.2 Å². The lowest BCUT2D eigenvalue weighted by atomic mass is 10.4. The highest BCUT2D eigenvalue weighted by molar-refractivity contribution is 5.87. The number of allylic oxidation sites excluding steroid dienone is 2. The molecule has 0 aliphatic rings. The Morgan fingerprint density at radius 2 is 1.75 bits per heavy atom. The molecule has 0 bridgehead atoms. The topological polar surface area (TPSA) is 46.2 Å². The lowest BCUT2D eigenvalue weighted by Crippen LogP contribution is -2.04. The van der Waals surface area contributed by atoms with Gasteiger partial charge in [0.25, 0.3) is 0 Å². The third-order valence-corrected chi connectivity index (χ3v) is 1.02. The Hall–Kier alpha value is -1.38. The number of hydrogen-bond donors (Lipinski definition) is 1. The van der Waals surface area contributed by atoms with E-state index in [1.807, 2.05) is 0 Å². The molecule has 0 spiro atoms. The van der Waals surface area contributed by atoms with E-state index in [1.54, 1.807) is 12.3 Å². The normalized spacial score (nSPS) is 10.8. The molecule has 0 atom stereocenters. The molecular formula is C9H13NO2. The van der Waals surface area contributed by atoms with Crippen LogP contribution in [0.5, 0.6) is 0 Å². The Balaban J connectivity index is 3.45. The van der Waals surface area contributed by atoms with Gasteiger partial charge >= 0.3 is 0 Å². The van der Waals surface area contributed by atoms with Gasteiger partial charge in [0.05, 0.1) is 0 Å². The minimum atomic E-state index is -0.00181. The molecule has 66 valence electrons. The first-order valence-electron chi connectivity index (χ1n) is 3.70. The number of carbonyl (C=O) groups is 2. The van der Waals surface area contributed by atoms with Gasteiger partial charge in [-0.05, 0) is 26.0 Å². The van der Waals surface area contributed by atoms with Gasteiger partial charge in [-0.1, -0.05) is 6.08 Å². The molecule has 3 heteroatoms. The van der Waals surface area contributed by atoms with Gasteiger partial charge in [-0.2, -0.15) is 0 Å². The second-order valence-electron chi connectivity index (χ2n) is 2.37. The highest BCUT2D eigenvalue weighted by Crippen LogP contribution is 1.75. The predicted molar refractivity (Wildman–Crippen MR) is 47.6 cm³/mol. The quantitative estimate of drug-likeness (QED) is 0.487. The van der Waals surface area contributed by atoms with Gasteiger partial charge in [0.1, 0.15) is 0 Å². The van der Waals surface area contributed by atoms with Crippen molar-refractivity contribution in [1.82, 2.24) is 5.32 Å². The summed E-state index contributed by atoms with van der Waals surface area (Å²) >= 11 is 0. The van der Waals surface area contributed by atoms with Crippen molar-refractivity contribution in [3.63, 3.8) is 0 Å². The first-order chi connectivity index (χ1) is 5.63. The van der Waals surface area contributed by atoms with Crippen LogP contribution in [0, 0.1) is 0 Å². The van der Waals surface area contributed by atoms with E-state index in [2.05, 4.69) is 5.32 Å². The van der Waals surface area contributed by atoms with Crippen LogP contribution in [-0.4, -0.2) is 18.1 Å². The summed E-state index contributed by atoms with van der Waals surface area (Å²) in [4.78, 5) is 20.8. The zero-order chi connectivity index (χ0) is 9.40. The van der Waals surface area contributed by atoms with E-state index in [1.165, 1.54) is 26.0 Å². The van der Waals surface area contributed by atoms with Crippen molar-refractivity contribution in [3.05, 3.63) is 24.4 Å². The number of ketones is 2. The third kappa shape index (κ3) is 8.62. The minimum absolute atomic E-state index is 0.00181. The van der Waals surface area contributed by atoms with E-state index >= 15 is 0 Å². The molecule has 1 N–H and O–H groups in total. The fraction of sp³-hybridized carbons (Fsp3) is 0.333. The first kappa shape index (κ1) is 10.6. The average Bonchev–Trinajstić information content (AvgIpc) is 1.95. The van der Waals surface area contributed by atoms with Crippen molar-refractivity contribution in [2.24, 2.45) is 0 Å². The lowest BCUT2D eigenvalue weighted by molar-refractivity contribution is -0.113. The van der Waals surface area contributed by atoms with Gasteiger partial charge in [0.15, 0.2) is 11.6 Å². The van der Waals surface area contributed by atoms with Gasteiger partial charge in [0.2, 0.25) is 0 Å². The van der Waals surface area contributed by atoms with Crippen molar-refractivity contribution in [3.8, 4) is 0 Å². The summed E-state index contributed by atoms with van der Waals surface area (Å²) in [6.07, 6.45) is 6.18. The maximum absolute atomic E-state index is 10.4. The first-order valence-corrected chi connectivity index (χ1v) is 3.70. The predicted octanol–water partition coefficient (Wildman–Crippen LogP) is 0.824. The van der Waals surface area contributed by atoms with E-state index in [0.29, 0.717) is 6.54 Å². The molecule has 0 amide bonds. The maximum atomic E-state index is 10.4. The molecule has 0 aliphatic heterocycles. The Kier molecular flexibility index (Phi) is 5.61. The molecule has 3 nitrogen and oxygen atoms in total. The van der Waals surface area contributed by atoms with Gasteiger partial charge in [-0.15, -0.1) is 0 Å². The maximum Gasteiger partial charge on any atom is 0.154 e. The van der Waals surface area contributed by atoms with Gasteiger partial charge in [-0.3, -0.25) is 9.59 Å². The largest absolute Gasteiger partial charge is 0.387 e. The van der Waals surface area contributed by atoms with Crippen LogP contribution in [0.1, 0.15) is 13.8 Å². The van der Waals surface area contributed by atoms with E-state index in [-0.39, 0.29) is 11.6 Å². The van der Waals surface area contributed by atoms with E-state index in [9.17, 15) is 9.59 Å². The van der Waals surface area contributed by atoms with Crippen LogP contribution < -0.4 is 5.32 Å². The number of carbonyl (C=O) groups excluding carboxylic acids is 2. The second-order valence-corrected chi connectivity index (χ2v) is 2.37. The van der Waals surface area contributed by atoms with Crippen molar-refractivity contribution < 1.29 is 9.59 Å². The van der Waals surface area contributed by atoms with Crippen LogP contribution in [0.4, 0.5) is 0 Å². The highest BCUT2D eigenvalue weighted by Gasteiger charge is 1.81. The number of rotatable bonds is 5. The summed E-state index contributed by atoms with van der Waals surface area (Å²) in [6.45, 7) is 3.52. The molecule has 0 heterocycles. The summed E-state index contributed by atoms with van der Waals surface area (Å²) in [7, 11) is 0. The molecule has 0 unspecified atom stereocenters. The third-order valence-electron chi connectivity index (χ3n) is 1.02. The summed E-state index contributed by atoms with van der Waals surface area (Å²) < 4.78 is 0. The molecule has 0 fully saturated rings. The molecule has 0 aromatic carbocycles. The van der Waals surface area contributed by atoms with Crippen LogP contribution in [0.2, 0.25) is 0 Å². The highest BCUT2D eigenvalue weighted by atomic mass is 16.1. The van der Waals surface area contributed by atoms with E-state index in [0.717, 1.165) is 0 Å². The van der Waals surface area contributed by atoms with E-state index < -0.39 is 0 Å². The molecule has 0 radical (unpaired) electrons. The standard InChI is InChI=1S/C9H13NO2/c1-8(11)4-3-6-10-7-5-9(2)12/h3-5,7,10H,6H2,1-2H3/b4-3+,7-5-. The van der Waals surface area contributed by atoms with Crippen molar-refractivity contribution >= 4 is 11.6 Å². The Morgan fingerprint density at radius 1 is 1.17 bits per heavy atom. The summed E-state index contributed by atoms with van der Waals surface area (Å²) in [5.41, 5.74) is 0. The van der Waals surface area contributed by atoms with Crippen molar-refractivity contribution in [2.45, 2.75) is 13.8 Å². The van der Waals surface area contributed by atoms with Crippen LogP contribution in [0.25, 0.3) is 0 Å². The van der Waals surface area contributed by atoms with Crippen LogP contribution in [-0.2, 0) is 9.59 Å². The smallest absolute Gasteiger partial charge is 0.154 e. The monoisotopic (exact) mass is 167 g/mol.